The highest BCUT2D eigenvalue weighted by Gasteiger charge is 2.38. The molecule has 0 N–H and O–H groups in total. The Balaban J connectivity index is 1.05. The lowest BCUT2D eigenvalue weighted by molar-refractivity contribution is 0.643. The number of benzene rings is 8. The third kappa shape index (κ3) is 5.55. The van der Waals surface area contributed by atoms with Gasteiger partial charge in [-0.2, -0.15) is 0 Å². The van der Waals surface area contributed by atoms with E-state index >= 15 is 0 Å². The third-order valence-electron chi connectivity index (χ3n) is 12.6. The van der Waals surface area contributed by atoms with E-state index < -0.39 is 0 Å². The fourth-order valence-corrected chi connectivity index (χ4v) is 9.68. The predicted molar refractivity (Wildman–Crippen MR) is 245 cm³/mol. The van der Waals surface area contributed by atoms with Crippen LogP contribution in [0.3, 0.4) is 0 Å². The Morgan fingerprint density at radius 2 is 1.19 bits per heavy atom. The number of fused-ring (bicyclic) bond motifs is 6. The van der Waals surface area contributed by atoms with E-state index in [1.54, 1.807) is 0 Å². The molecule has 1 aromatic heterocycles. The maximum atomic E-state index is 6.16. The number of rotatable bonds is 6. The van der Waals surface area contributed by atoms with Crippen LogP contribution in [0.4, 0.5) is 17.1 Å². The summed E-state index contributed by atoms with van der Waals surface area (Å²) in [6.45, 7) is 7.11. The summed E-state index contributed by atoms with van der Waals surface area (Å²) in [6.07, 6.45) is 5.86. The smallest absolute Gasteiger partial charge is 0.135 e. The lowest BCUT2D eigenvalue weighted by atomic mass is 9.79. The molecule has 278 valence electrons. The van der Waals surface area contributed by atoms with E-state index in [2.05, 4.69) is 202 Å². The van der Waals surface area contributed by atoms with Crippen molar-refractivity contribution in [2.45, 2.75) is 32.6 Å². The van der Waals surface area contributed by atoms with Crippen molar-refractivity contribution in [3.05, 3.63) is 205 Å². The lowest BCUT2D eigenvalue weighted by Crippen LogP contribution is -2.18. The Kier molecular flexibility index (Phi) is 7.91. The standard InChI is InChI=1S/C56H43NO/c1-36-22-30-51-49(32-36)47-29-28-43(35-52(47)56(51,2)3)57(42-26-23-37(24-27-42)39-25-31-55-50(34-39)48-18-7-9-21-54(48)58-55)53-20-8-6-17-46(53)41-15-10-14-40(33-41)45-19-11-13-38-12-4-5-16-44(38)45/h4-31,33-36H,32H2,1-3H3. The van der Waals surface area contributed by atoms with Gasteiger partial charge in [0.15, 0.2) is 0 Å². The summed E-state index contributed by atoms with van der Waals surface area (Å²) in [4.78, 5) is 2.46. The van der Waals surface area contributed by atoms with Gasteiger partial charge in [-0.25, -0.2) is 0 Å². The maximum Gasteiger partial charge on any atom is 0.135 e. The zero-order valence-corrected chi connectivity index (χ0v) is 33.0. The molecule has 2 heteroatoms. The Bertz CT molecular complexity index is 3130. The van der Waals surface area contributed by atoms with Gasteiger partial charge in [-0.3, -0.25) is 0 Å². The number of para-hydroxylation sites is 2. The third-order valence-corrected chi connectivity index (χ3v) is 12.6. The minimum absolute atomic E-state index is 0.0882. The number of nitrogens with zero attached hydrogens (tertiary/aromatic N) is 1. The summed E-state index contributed by atoms with van der Waals surface area (Å²) >= 11 is 0. The van der Waals surface area contributed by atoms with Crippen molar-refractivity contribution in [3.63, 3.8) is 0 Å². The number of hydrogen-bond donors (Lipinski definition) is 0. The van der Waals surface area contributed by atoms with Crippen molar-refractivity contribution in [2.75, 3.05) is 4.90 Å². The highest BCUT2D eigenvalue weighted by Crippen LogP contribution is 2.53. The highest BCUT2D eigenvalue weighted by molar-refractivity contribution is 6.06. The number of allylic oxidation sites excluding steroid dienone is 4. The molecule has 0 amide bonds. The topological polar surface area (TPSA) is 16.4 Å². The Morgan fingerprint density at radius 1 is 0.517 bits per heavy atom. The van der Waals surface area contributed by atoms with Gasteiger partial charge in [0.05, 0.1) is 5.69 Å². The summed E-state index contributed by atoms with van der Waals surface area (Å²) in [5.74, 6) is 0.541. The molecule has 2 aliphatic rings. The monoisotopic (exact) mass is 745 g/mol. The summed E-state index contributed by atoms with van der Waals surface area (Å²) in [5.41, 5.74) is 18.0. The molecule has 0 aliphatic heterocycles. The summed E-state index contributed by atoms with van der Waals surface area (Å²) in [7, 11) is 0. The molecule has 0 spiro atoms. The zero-order valence-electron chi connectivity index (χ0n) is 33.0. The molecule has 0 radical (unpaired) electrons. The molecule has 2 nitrogen and oxygen atoms in total. The molecule has 0 fully saturated rings. The fourth-order valence-electron chi connectivity index (χ4n) is 9.68. The van der Waals surface area contributed by atoms with Crippen LogP contribution in [-0.2, 0) is 5.41 Å². The zero-order chi connectivity index (χ0) is 39.0. The Hall–Kier alpha value is -6.90. The molecule has 58 heavy (non-hydrogen) atoms. The summed E-state index contributed by atoms with van der Waals surface area (Å²) in [5, 5.41) is 4.79. The second kappa shape index (κ2) is 13.4. The first-order chi connectivity index (χ1) is 28.4. The summed E-state index contributed by atoms with van der Waals surface area (Å²) < 4.78 is 6.16. The van der Waals surface area contributed by atoms with Gasteiger partial charge in [0, 0.05) is 33.1 Å². The van der Waals surface area contributed by atoms with Crippen LogP contribution in [0.15, 0.2) is 198 Å². The molecular formula is C56H43NO. The van der Waals surface area contributed by atoms with Gasteiger partial charge in [-0.05, 0) is 128 Å². The van der Waals surface area contributed by atoms with Crippen LogP contribution >= 0.6 is 0 Å². The molecule has 11 rings (SSSR count). The first kappa shape index (κ1) is 34.4. The van der Waals surface area contributed by atoms with Gasteiger partial charge in [0.1, 0.15) is 11.2 Å². The molecule has 2 aliphatic carbocycles. The van der Waals surface area contributed by atoms with Gasteiger partial charge >= 0.3 is 0 Å². The van der Waals surface area contributed by atoms with Gasteiger partial charge in [0.25, 0.3) is 0 Å². The van der Waals surface area contributed by atoms with Gasteiger partial charge in [-0.15, -0.1) is 0 Å². The van der Waals surface area contributed by atoms with E-state index in [1.807, 2.05) is 12.1 Å². The van der Waals surface area contributed by atoms with E-state index in [-0.39, 0.29) is 5.41 Å². The minimum Gasteiger partial charge on any atom is -0.456 e. The van der Waals surface area contributed by atoms with Crippen LogP contribution in [0.25, 0.3) is 71.7 Å². The second-order valence-electron chi connectivity index (χ2n) is 16.6. The van der Waals surface area contributed by atoms with E-state index in [9.17, 15) is 0 Å². The Labute approximate surface area is 340 Å². The van der Waals surface area contributed by atoms with Crippen LogP contribution in [0.2, 0.25) is 0 Å². The average Bonchev–Trinajstić information content (AvgIpc) is 3.74. The van der Waals surface area contributed by atoms with E-state index in [0.29, 0.717) is 5.92 Å². The van der Waals surface area contributed by atoms with Crippen molar-refractivity contribution in [2.24, 2.45) is 5.92 Å². The van der Waals surface area contributed by atoms with Crippen molar-refractivity contribution < 1.29 is 4.42 Å². The Morgan fingerprint density at radius 3 is 2.07 bits per heavy atom. The molecule has 1 atom stereocenters. The van der Waals surface area contributed by atoms with Gasteiger partial charge in [-0.1, -0.05) is 154 Å². The van der Waals surface area contributed by atoms with Crippen LogP contribution < -0.4 is 4.90 Å². The van der Waals surface area contributed by atoms with E-state index in [0.717, 1.165) is 45.4 Å². The second-order valence-corrected chi connectivity index (χ2v) is 16.6. The van der Waals surface area contributed by atoms with Crippen molar-refractivity contribution >= 4 is 55.3 Å². The minimum atomic E-state index is -0.0882. The first-order valence-corrected chi connectivity index (χ1v) is 20.5. The maximum absolute atomic E-state index is 6.16. The van der Waals surface area contributed by atoms with Crippen molar-refractivity contribution in [1.29, 1.82) is 0 Å². The normalized spacial score (nSPS) is 15.6. The largest absolute Gasteiger partial charge is 0.456 e. The van der Waals surface area contributed by atoms with Crippen LogP contribution in [-0.4, -0.2) is 0 Å². The van der Waals surface area contributed by atoms with Gasteiger partial charge in [0.2, 0.25) is 0 Å². The predicted octanol–water partition coefficient (Wildman–Crippen LogP) is 15.9. The van der Waals surface area contributed by atoms with Crippen LogP contribution in [0.5, 0.6) is 0 Å². The lowest BCUT2D eigenvalue weighted by Gasteiger charge is -2.30. The molecule has 1 heterocycles. The van der Waals surface area contributed by atoms with E-state index in [1.165, 1.54) is 66.4 Å². The number of hydrogen-bond acceptors (Lipinski definition) is 2. The molecule has 9 aromatic rings. The molecule has 0 bridgehead atoms. The van der Waals surface area contributed by atoms with Crippen molar-refractivity contribution in [3.8, 4) is 33.4 Å². The molecular weight excluding hydrogens is 703 g/mol. The number of anilines is 3. The number of furan rings is 1. The average molecular weight is 746 g/mol. The molecule has 0 saturated heterocycles. The quantitative estimate of drug-likeness (QED) is 0.169. The fraction of sp³-hybridized carbons (Fsp3) is 0.107. The van der Waals surface area contributed by atoms with Crippen LogP contribution in [0.1, 0.15) is 38.3 Å². The first-order valence-electron chi connectivity index (χ1n) is 20.5. The van der Waals surface area contributed by atoms with Crippen LogP contribution in [0, 0.1) is 5.92 Å². The molecule has 1 unspecified atom stereocenters. The van der Waals surface area contributed by atoms with Gasteiger partial charge < -0.3 is 9.32 Å². The molecule has 0 saturated carbocycles. The van der Waals surface area contributed by atoms with E-state index in [4.69, 9.17) is 4.42 Å². The van der Waals surface area contributed by atoms with Crippen molar-refractivity contribution in [1.82, 2.24) is 0 Å². The SMILES string of the molecule is CC1C=CC2=C(C1)c1ccc(N(c3ccc(-c4ccc5oc6ccccc6c5c4)cc3)c3ccccc3-c3cccc(-c4cccc5ccccc45)c3)cc1C2(C)C. The summed E-state index contributed by atoms with van der Waals surface area (Å²) in [6, 6.07) is 64.3. The highest BCUT2D eigenvalue weighted by atomic mass is 16.3. The molecule has 8 aromatic carbocycles.